The SMILES string of the molecule is CCCNCCCCCCc1ccc(OC(C)C)cc1. The second kappa shape index (κ2) is 10.7. The quantitative estimate of drug-likeness (QED) is 0.598. The summed E-state index contributed by atoms with van der Waals surface area (Å²) in [6, 6.07) is 8.56. The second-order valence-electron chi connectivity index (χ2n) is 5.72. The summed E-state index contributed by atoms with van der Waals surface area (Å²) >= 11 is 0. The molecular formula is C18H31NO. The minimum Gasteiger partial charge on any atom is -0.491 e. The van der Waals surface area contributed by atoms with Crippen LogP contribution >= 0.6 is 0 Å². The zero-order valence-electron chi connectivity index (χ0n) is 13.5. The van der Waals surface area contributed by atoms with Crippen LogP contribution in [0.5, 0.6) is 5.75 Å². The molecule has 0 fully saturated rings. The van der Waals surface area contributed by atoms with Gasteiger partial charge in [-0.2, -0.15) is 0 Å². The van der Waals surface area contributed by atoms with Crippen LogP contribution in [0.4, 0.5) is 0 Å². The fourth-order valence-electron chi connectivity index (χ4n) is 2.24. The number of unbranched alkanes of at least 4 members (excludes halogenated alkanes) is 3. The topological polar surface area (TPSA) is 21.3 Å². The Morgan fingerprint density at radius 3 is 2.30 bits per heavy atom. The van der Waals surface area contributed by atoms with Crippen molar-refractivity contribution in [3.05, 3.63) is 29.8 Å². The van der Waals surface area contributed by atoms with Gasteiger partial charge in [0.2, 0.25) is 0 Å². The molecule has 0 unspecified atom stereocenters. The summed E-state index contributed by atoms with van der Waals surface area (Å²) in [6.45, 7) is 8.66. The average molecular weight is 277 g/mol. The first-order valence-corrected chi connectivity index (χ1v) is 8.18. The predicted molar refractivity (Wildman–Crippen MR) is 87.5 cm³/mol. The van der Waals surface area contributed by atoms with E-state index in [1.165, 1.54) is 50.6 Å². The highest BCUT2D eigenvalue weighted by molar-refractivity contribution is 5.27. The molecule has 0 aliphatic carbocycles. The maximum absolute atomic E-state index is 5.65. The van der Waals surface area contributed by atoms with Crippen molar-refractivity contribution in [2.24, 2.45) is 0 Å². The maximum Gasteiger partial charge on any atom is 0.119 e. The minimum absolute atomic E-state index is 0.252. The number of ether oxygens (including phenoxy) is 1. The van der Waals surface area contributed by atoms with E-state index in [1.807, 2.05) is 0 Å². The molecule has 2 nitrogen and oxygen atoms in total. The van der Waals surface area contributed by atoms with Gasteiger partial charge in [-0.15, -0.1) is 0 Å². The summed E-state index contributed by atoms with van der Waals surface area (Å²) in [5, 5.41) is 3.45. The predicted octanol–water partition coefficient (Wildman–Crippen LogP) is 4.58. The van der Waals surface area contributed by atoms with Gasteiger partial charge in [-0.3, -0.25) is 0 Å². The smallest absolute Gasteiger partial charge is 0.119 e. The number of rotatable bonds is 11. The number of aryl methyl sites for hydroxylation is 1. The van der Waals surface area contributed by atoms with E-state index in [-0.39, 0.29) is 6.10 Å². The van der Waals surface area contributed by atoms with Gasteiger partial charge in [0.05, 0.1) is 6.10 Å². The van der Waals surface area contributed by atoms with Crippen LogP contribution in [-0.2, 0) is 6.42 Å². The van der Waals surface area contributed by atoms with Crippen molar-refractivity contribution in [2.75, 3.05) is 13.1 Å². The highest BCUT2D eigenvalue weighted by Crippen LogP contribution is 2.15. The fourth-order valence-corrected chi connectivity index (χ4v) is 2.24. The van der Waals surface area contributed by atoms with Crippen molar-refractivity contribution < 1.29 is 4.74 Å². The number of nitrogens with one attached hydrogen (secondary N) is 1. The molecule has 0 saturated carbocycles. The van der Waals surface area contributed by atoms with Crippen molar-refractivity contribution in [3.63, 3.8) is 0 Å². The molecular weight excluding hydrogens is 246 g/mol. The minimum atomic E-state index is 0.252. The molecule has 0 aliphatic heterocycles. The van der Waals surface area contributed by atoms with Crippen LogP contribution in [0, 0.1) is 0 Å². The Balaban J connectivity index is 2.07. The van der Waals surface area contributed by atoms with E-state index < -0.39 is 0 Å². The third-order valence-electron chi connectivity index (χ3n) is 3.29. The molecule has 114 valence electrons. The van der Waals surface area contributed by atoms with Crippen LogP contribution in [0.3, 0.4) is 0 Å². The van der Waals surface area contributed by atoms with E-state index in [0.717, 1.165) is 12.3 Å². The van der Waals surface area contributed by atoms with Gasteiger partial charge in [0.25, 0.3) is 0 Å². The molecule has 1 N–H and O–H groups in total. The summed E-state index contributed by atoms with van der Waals surface area (Å²) in [7, 11) is 0. The van der Waals surface area contributed by atoms with Crippen LogP contribution in [0.2, 0.25) is 0 Å². The number of benzene rings is 1. The van der Waals surface area contributed by atoms with Crippen molar-refractivity contribution in [3.8, 4) is 5.75 Å². The van der Waals surface area contributed by atoms with E-state index in [2.05, 4.69) is 50.4 Å². The molecule has 0 heterocycles. The second-order valence-corrected chi connectivity index (χ2v) is 5.72. The van der Waals surface area contributed by atoms with Gasteiger partial charge < -0.3 is 10.1 Å². The summed E-state index contributed by atoms with van der Waals surface area (Å²) in [4.78, 5) is 0. The van der Waals surface area contributed by atoms with Crippen molar-refractivity contribution in [1.29, 1.82) is 0 Å². The standard InChI is InChI=1S/C18H31NO/c1-4-14-19-15-8-6-5-7-9-17-10-12-18(13-11-17)20-16(2)3/h10-13,16,19H,4-9,14-15H2,1-3H3. The number of hydrogen-bond donors (Lipinski definition) is 1. The zero-order valence-corrected chi connectivity index (χ0v) is 13.5. The van der Waals surface area contributed by atoms with Crippen molar-refractivity contribution in [2.45, 2.75) is 65.4 Å². The third-order valence-corrected chi connectivity index (χ3v) is 3.29. The molecule has 0 amide bonds. The average Bonchev–Trinajstić information content (AvgIpc) is 2.43. The van der Waals surface area contributed by atoms with Crippen molar-refractivity contribution in [1.82, 2.24) is 5.32 Å². The van der Waals surface area contributed by atoms with Gasteiger partial charge >= 0.3 is 0 Å². The lowest BCUT2D eigenvalue weighted by Crippen LogP contribution is -2.15. The van der Waals surface area contributed by atoms with Gasteiger partial charge in [-0.1, -0.05) is 31.9 Å². The lowest BCUT2D eigenvalue weighted by molar-refractivity contribution is 0.242. The molecule has 20 heavy (non-hydrogen) atoms. The summed E-state index contributed by atoms with van der Waals surface area (Å²) in [5.74, 6) is 0.978. The molecule has 2 heteroatoms. The van der Waals surface area contributed by atoms with Crippen LogP contribution in [0.15, 0.2) is 24.3 Å². The Hall–Kier alpha value is -1.02. The van der Waals surface area contributed by atoms with Crippen LogP contribution < -0.4 is 10.1 Å². The van der Waals surface area contributed by atoms with Gasteiger partial charge in [-0.25, -0.2) is 0 Å². The molecule has 1 aromatic carbocycles. The summed E-state index contributed by atoms with van der Waals surface area (Å²) < 4.78 is 5.65. The lowest BCUT2D eigenvalue weighted by atomic mass is 10.1. The molecule has 0 aliphatic rings. The normalized spacial score (nSPS) is 11.0. The molecule has 0 bridgehead atoms. The van der Waals surface area contributed by atoms with Crippen LogP contribution in [0.1, 0.15) is 58.4 Å². The molecule has 0 spiro atoms. The Bertz CT molecular complexity index is 332. The molecule has 1 aromatic rings. The van der Waals surface area contributed by atoms with Gasteiger partial charge in [-0.05, 0) is 70.3 Å². The Kier molecular flexibility index (Phi) is 9.14. The Labute approximate surface area is 124 Å². The lowest BCUT2D eigenvalue weighted by Gasteiger charge is -2.10. The highest BCUT2D eigenvalue weighted by Gasteiger charge is 1.98. The molecule has 0 radical (unpaired) electrons. The van der Waals surface area contributed by atoms with Crippen LogP contribution in [0.25, 0.3) is 0 Å². The molecule has 0 atom stereocenters. The zero-order chi connectivity index (χ0) is 14.6. The van der Waals surface area contributed by atoms with Gasteiger partial charge in [0.1, 0.15) is 5.75 Å². The molecule has 0 aromatic heterocycles. The fraction of sp³-hybridized carbons (Fsp3) is 0.667. The largest absolute Gasteiger partial charge is 0.491 e. The van der Waals surface area contributed by atoms with Gasteiger partial charge in [0, 0.05) is 0 Å². The number of hydrogen-bond acceptors (Lipinski definition) is 2. The first-order chi connectivity index (χ1) is 9.72. The third kappa shape index (κ3) is 8.21. The van der Waals surface area contributed by atoms with E-state index in [9.17, 15) is 0 Å². The first kappa shape index (κ1) is 17.0. The van der Waals surface area contributed by atoms with E-state index in [0.29, 0.717) is 0 Å². The van der Waals surface area contributed by atoms with Crippen LogP contribution in [-0.4, -0.2) is 19.2 Å². The molecule has 0 saturated heterocycles. The Morgan fingerprint density at radius 2 is 1.65 bits per heavy atom. The summed E-state index contributed by atoms with van der Waals surface area (Å²) in [5.41, 5.74) is 1.42. The first-order valence-electron chi connectivity index (χ1n) is 8.18. The highest BCUT2D eigenvalue weighted by atomic mass is 16.5. The van der Waals surface area contributed by atoms with Crippen molar-refractivity contribution >= 4 is 0 Å². The van der Waals surface area contributed by atoms with E-state index >= 15 is 0 Å². The van der Waals surface area contributed by atoms with Gasteiger partial charge in [0.15, 0.2) is 0 Å². The van der Waals surface area contributed by atoms with E-state index in [1.54, 1.807) is 0 Å². The Morgan fingerprint density at radius 1 is 0.950 bits per heavy atom. The molecule has 1 rings (SSSR count). The monoisotopic (exact) mass is 277 g/mol. The van der Waals surface area contributed by atoms with E-state index in [4.69, 9.17) is 4.74 Å². The summed E-state index contributed by atoms with van der Waals surface area (Å²) in [6.07, 6.45) is 7.94. The maximum atomic E-state index is 5.65.